The molecule has 0 aromatic heterocycles. The van der Waals surface area contributed by atoms with Crippen molar-refractivity contribution in [2.75, 3.05) is 24.2 Å². The van der Waals surface area contributed by atoms with Gasteiger partial charge in [-0.15, -0.1) is 0 Å². The topological polar surface area (TPSA) is 86.8 Å². The summed E-state index contributed by atoms with van der Waals surface area (Å²) in [5, 5.41) is 2.60. The van der Waals surface area contributed by atoms with E-state index >= 15 is 0 Å². The molecule has 4 bridgehead atoms. The van der Waals surface area contributed by atoms with Crippen molar-refractivity contribution in [3.63, 3.8) is 0 Å². The quantitative estimate of drug-likeness (QED) is 0.453. The third-order valence-electron chi connectivity index (χ3n) is 9.38. The molecule has 40 heavy (non-hydrogen) atoms. The smallest absolute Gasteiger partial charge is 0.244 e. The average Bonchev–Trinajstić information content (AvgIpc) is 2.91. The molecule has 0 spiro atoms. The van der Waals surface area contributed by atoms with E-state index in [0.717, 1.165) is 28.3 Å². The molecule has 2 aromatic carbocycles. The van der Waals surface area contributed by atoms with Gasteiger partial charge in [-0.2, -0.15) is 0 Å². The first-order valence-corrected chi connectivity index (χ1v) is 16.2. The largest absolute Gasteiger partial charge is 0.357 e. The predicted molar refractivity (Wildman–Crippen MR) is 154 cm³/mol. The third kappa shape index (κ3) is 5.76. The molecule has 0 heterocycles. The van der Waals surface area contributed by atoms with E-state index in [9.17, 15) is 22.4 Å². The second-order valence-electron chi connectivity index (χ2n) is 12.2. The zero-order chi connectivity index (χ0) is 28.7. The van der Waals surface area contributed by atoms with Crippen LogP contribution in [-0.2, 0) is 31.6 Å². The lowest BCUT2D eigenvalue weighted by molar-refractivity contribution is -0.140. The van der Waals surface area contributed by atoms with Gasteiger partial charge in [0.25, 0.3) is 0 Å². The fraction of sp³-hybridized carbons (Fsp3) is 0.548. The van der Waals surface area contributed by atoms with Crippen LogP contribution in [0.25, 0.3) is 0 Å². The van der Waals surface area contributed by atoms with Crippen molar-refractivity contribution >= 4 is 27.5 Å². The van der Waals surface area contributed by atoms with Crippen LogP contribution in [0.5, 0.6) is 0 Å². The van der Waals surface area contributed by atoms with E-state index in [-0.39, 0.29) is 17.9 Å². The molecule has 4 aliphatic rings. The fourth-order valence-corrected chi connectivity index (χ4v) is 8.78. The van der Waals surface area contributed by atoms with E-state index in [1.54, 1.807) is 19.1 Å². The molecular weight excluding hydrogens is 529 g/mol. The van der Waals surface area contributed by atoms with Gasteiger partial charge in [0.15, 0.2) is 0 Å². The number of nitrogens with one attached hydrogen (secondary N) is 1. The van der Waals surface area contributed by atoms with Gasteiger partial charge in [-0.1, -0.05) is 31.2 Å². The highest BCUT2D eigenvalue weighted by molar-refractivity contribution is 7.92. The predicted octanol–water partition coefficient (Wildman–Crippen LogP) is 4.61. The Morgan fingerprint density at radius 2 is 1.52 bits per heavy atom. The summed E-state index contributed by atoms with van der Waals surface area (Å²) in [5.41, 5.74) is 2.54. The Kier molecular flexibility index (Phi) is 7.97. The second kappa shape index (κ2) is 11.1. The molecular formula is C31H40FN3O4S. The van der Waals surface area contributed by atoms with Crippen LogP contribution in [0.1, 0.15) is 63.0 Å². The zero-order valence-electron chi connectivity index (χ0n) is 23.6. The van der Waals surface area contributed by atoms with Gasteiger partial charge >= 0.3 is 0 Å². The summed E-state index contributed by atoms with van der Waals surface area (Å²) in [6, 6.07) is 12.7. The molecule has 9 heteroatoms. The first-order valence-electron chi connectivity index (χ1n) is 14.3. The molecule has 0 saturated heterocycles. The Morgan fingerprint density at radius 3 is 2.00 bits per heavy atom. The first kappa shape index (κ1) is 28.6. The SMILES string of the molecule is CC[C@@H](C(=O)NC)N(Cc1ccc(F)cc1)C(=O)CN(c1ccc(C23CC4CC(CC(C4)C2)C3)cc1)S(C)(=O)=O. The molecule has 1 N–H and O–H groups in total. The summed E-state index contributed by atoms with van der Waals surface area (Å²) in [7, 11) is -2.31. The van der Waals surface area contributed by atoms with Crippen LogP contribution >= 0.6 is 0 Å². The highest BCUT2D eigenvalue weighted by atomic mass is 32.2. The second-order valence-corrected chi connectivity index (χ2v) is 14.1. The summed E-state index contributed by atoms with van der Waals surface area (Å²) in [6.45, 7) is 1.40. The Morgan fingerprint density at radius 1 is 0.975 bits per heavy atom. The highest BCUT2D eigenvalue weighted by Crippen LogP contribution is 2.60. The van der Waals surface area contributed by atoms with Gasteiger partial charge in [0.05, 0.1) is 11.9 Å². The Bertz CT molecular complexity index is 1310. The maximum absolute atomic E-state index is 13.7. The summed E-state index contributed by atoms with van der Waals surface area (Å²) >= 11 is 0. The van der Waals surface area contributed by atoms with Crippen molar-refractivity contribution in [2.45, 2.75) is 69.9 Å². The normalized spacial score (nSPS) is 25.9. The minimum absolute atomic E-state index is 0.0492. The molecule has 2 amide bonds. The van der Waals surface area contributed by atoms with E-state index in [2.05, 4.69) is 17.4 Å². The molecule has 4 fully saturated rings. The van der Waals surface area contributed by atoms with E-state index in [1.807, 2.05) is 12.1 Å². The lowest BCUT2D eigenvalue weighted by Crippen LogP contribution is -2.51. The van der Waals surface area contributed by atoms with Crippen molar-refractivity contribution < 1.29 is 22.4 Å². The van der Waals surface area contributed by atoms with E-state index in [0.29, 0.717) is 17.7 Å². The Hall–Kier alpha value is -2.94. The summed E-state index contributed by atoms with van der Waals surface area (Å²) in [4.78, 5) is 27.8. The standard InChI is InChI=1S/C31H40FN3O4S/c1-4-28(30(37)33-2)34(19-21-5-9-26(32)10-6-21)29(36)20-35(40(3,38)39)27-11-7-25(8-12-27)31-16-22-13-23(17-31)15-24(14-22)18-31/h5-12,22-24,28H,4,13-20H2,1-3H3,(H,33,37)/t22?,23?,24?,28-,31?/m0/s1. The van der Waals surface area contributed by atoms with Gasteiger partial charge in [-0.25, -0.2) is 12.8 Å². The lowest BCUT2D eigenvalue weighted by atomic mass is 9.48. The van der Waals surface area contributed by atoms with Crippen molar-refractivity contribution in [2.24, 2.45) is 17.8 Å². The van der Waals surface area contributed by atoms with Crippen LogP contribution in [0.4, 0.5) is 10.1 Å². The molecule has 6 rings (SSSR count). The zero-order valence-corrected chi connectivity index (χ0v) is 24.4. The number of benzene rings is 2. The van der Waals surface area contributed by atoms with Gasteiger partial charge in [-0.05, 0) is 104 Å². The minimum atomic E-state index is -3.81. The van der Waals surface area contributed by atoms with E-state index < -0.39 is 34.3 Å². The molecule has 4 aliphatic carbocycles. The van der Waals surface area contributed by atoms with Crippen molar-refractivity contribution in [1.29, 1.82) is 0 Å². The Balaban J connectivity index is 1.40. The number of likely N-dealkylation sites (N-methyl/N-ethyl adjacent to an activating group) is 1. The summed E-state index contributed by atoms with van der Waals surface area (Å²) in [5.74, 6) is 1.15. The van der Waals surface area contributed by atoms with Crippen LogP contribution < -0.4 is 9.62 Å². The number of nitrogens with zero attached hydrogens (tertiary/aromatic N) is 2. The maximum Gasteiger partial charge on any atom is 0.244 e. The van der Waals surface area contributed by atoms with Crippen LogP contribution in [0.15, 0.2) is 48.5 Å². The monoisotopic (exact) mass is 569 g/mol. The van der Waals surface area contributed by atoms with Gasteiger partial charge in [0.2, 0.25) is 21.8 Å². The van der Waals surface area contributed by atoms with E-state index in [1.165, 1.54) is 68.2 Å². The van der Waals surface area contributed by atoms with Gasteiger partial charge < -0.3 is 10.2 Å². The van der Waals surface area contributed by atoms with E-state index in [4.69, 9.17) is 0 Å². The minimum Gasteiger partial charge on any atom is -0.357 e. The summed E-state index contributed by atoms with van der Waals surface area (Å²) < 4.78 is 40.5. The first-order chi connectivity index (χ1) is 19.0. The average molecular weight is 570 g/mol. The molecule has 0 radical (unpaired) electrons. The number of halogens is 1. The number of carbonyl (C=O) groups is 2. The number of anilines is 1. The van der Waals surface area contributed by atoms with Crippen LogP contribution in [0.2, 0.25) is 0 Å². The molecule has 1 atom stereocenters. The number of hydrogen-bond donors (Lipinski definition) is 1. The maximum atomic E-state index is 13.7. The number of amides is 2. The number of carbonyl (C=O) groups excluding carboxylic acids is 2. The Labute approximate surface area is 237 Å². The number of rotatable bonds is 10. The highest BCUT2D eigenvalue weighted by Gasteiger charge is 2.51. The molecule has 2 aromatic rings. The molecule has 0 unspecified atom stereocenters. The van der Waals surface area contributed by atoms with Crippen molar-refractivity contribution in [3.05, 3.63) is 65.5 Å². The summed E-state index contributed by atoms with van der Waals surface area (Å²) in [6.07, 6.45) is 9.12. The van der Waals surface area contributed by atoms with Gasteiger partial charge in [-0.3, -0.25) is 13.9 Å². The molecule has 7 nitrogen and oxygen atoms in total. The van der Waals surface area contributed by atoms with Crippen LogP contribution in [0, 0.1) is 23.6 Å². The van der Waals surface area contributed by atoms with Crippen molar-refractivity contribution in [1.82, 2.24) is 10.2 Å². The number of sulfonamides is 1. The van der Waals surface area contributed by atoms with Crippen LogP contribution in [-0.4, -0.2) is 51.0 Å². The van der Waals surface area contributed by atoms with Gasteiger partial charge in [0.1, 0.15) is 18.4 Å². The fourth-order valence-electron chi connectivity index (χ4n) is 7.93. The molecule has 216 valence electrons. The molecule has 4 saturated carbocycles. The van der Waals surface area contributed by atoms with Gasteiger partial charge in [0, 0.05) is 13.6 Å². The van der Waals surface area contributed by atoms with Crippen molar-refractivity contribution in [3.8, 4) is 0 Å². The number of hydrogen-bond acceptors (Lipinski definition) is 4. The van der Waals surface area contributed by atoms with Crippen LogP contribution in [0.3, 0.4) is 0 Å². The lowest BCUT2D eigenvalue weighted by Gasteiger charge is -2.57. The molecule has 0 aliphatic heterocycles. The third-order valence-corrected chi connectivity index (χ3v) is 10.5.